The van der Waals surface area contributed by atoms with Gasteiger partial charge in [-0.3, -0.25) is 4.72 Å². The standard InChI is InChI=1S/C21H27F2N3O4S2/c1-25(2)32(29,30)17-13-11-16(12-14-17)31(27,28)24-18-8-4-5-9-19(18)26(3)20-10-6-7-15-21(20,22)23/h4-5,8-9,11-14,20,24H,6-7,10,15H2,1-3H3. The Kier molecular flexibility index (Phi) is 6.83. The normalized spacial score (nSPS) is 19.0. The van der Waals surface area contributed by atoms with Crippen LogP contribution in [0.2, 0.25) is 0 Å². The van der Waals surface area contributed by atoms with Gasteiger partial charge in [0.15, 0.2) is 0 Å². The minimum atomic E-state index is -4.08. The highest BCUT2D eigenvalue weighted by Crippen LogP contribution is 2.40. The lowest BCUT2D eigenvalue weighted by atomic mass is 9.90. The van der Waals surface area contributed by atoms with Gasteiger partial charge in [0, 0.05) is 27.6 Å². The molecule has 7 nitrogen and oxygen atoms in total. The fourth-order valence-electron chi connectivity index (χ4n) is 3.79. The predicted molar refractivity (Wildman–Crippen MR) is 120 cm³/mol. The molecule has 3 rings (SSSR count). The van der Waals surface area contributed by atoms with Crippen LogP contribution in [0.5, 0.6) is 0 Å². The largest absolute Gasteiger partial charge is 0.364 e. The number of hydrogen-bond donors (Lipinski definition) is 1. The van der Waals surface area contributed by atoms with Crippen molar-refractivity contribution in [3.8, 4) is 0 Å². The van der Waals surface area contributed by atoms with Crippen LogP contribution in [0.15, 0.2) is 58.3 Å². The van der Waals surface area contributed by atoms with E-state index in [0.29, 0.717) is 24.9 Å². The molecule has 1 atom stereocenters. The second-order valence-electron chi connectivity index (χ2n) is 8.01. The third-order valence-corrected chi connectivity index (χ3v) is 8.84. The monoisotopic (exact) mass is 487 g/mol. The van der Waals surface area contributed by atoms with Gasteiger partial charge in [0.25, 0.3) is 15.9 Å². The Morgan fingerprint density at radius 1 is 0.906 bits per heavy atom. The molecule has 1 unspecified atom stereocenters. The lowest BCUT2D eigenvalue weighted by Gasteiger charge is -2.39. The Bertz CT molecular complexity index is 1170. The van der Waals surface area contributed by atoms with Gasteiger partial charge < -0.3 is 4.90 Å². The van der Waals surface area contributed by atoms with Gasteiger partial charge in [-0.05, 0) is 49.2 Å². The van der Waals surface area contributed by atoms with Crippen LogP contribution in [0.3, 0.4) is 0 Å². The smallest absolute Gasteiger partial charge is 0.267 e. The number of para-hydroxylation sites is 2. The molecule has 32 heavy (non-hydrogen) atoms. The molecule has 0 saturated heterocycles. The van der Waals surface area contributed by atoms with Crippen LogP contribution in [-0.2, 0) is 20.0 Å². The zero-order valence-electron chi connectivity index (χ0n) is 18.1. The Morgan fingerprint density at radius 2 is 1.50 bits per heavy atom. The fourth-order valence-corrected chi connectivity index (χ4v) is 5.77. The van der Waals surface area contributed by atoms with E-state index in [4.69, 9.17) is 0 Å². The molecular formula is C21H27F2N3O4S2. The number of nitrogens with zero attached hydrogens (tertiary/aromatic N) is 2. The minimum Gasteiger partial charge on any atom is -0.364 e. The molecule has 1 N–H and O–H groups in total. The van der Waals surface area contributed by atoms with Crippen molar-refractivity contribution in [2.24, 2.45) is 0 Å². The van der Waals surface area contributed by atoms with Crippen molar-refractivity contribution in [3.63, 3.8) is 0 Å². The lowest BCUT2D eigenvalue weighted by molar-refractivity contribution is -0.0525. The van der Waals surface area contributed by atoms with Gasteiger partial charge in [-0.25, -0.2) is 29.9 Å². The highest BCUT2D eigenvalue weighted by atomic mass is 32.2. The van der Waals surface area contributed by atoms with E-state index in [-0.39, 0.29) is 21.9 Å². The first kappa shape index (κ1) is 24.4. The number of sulfonamides is 2. The first-order valence-corrected chi connectivity index (χ1v) is 13.0. The summed E-state index contributed by atoms with van der Waals surface area (Å²) in [5, 5.41) is 0. The first-order valence-electron chi connectivity index (χ1n) is 10.1. The van der Waals surface area contributed by atoms with Crippen molar-refractivity contribution < 1.29 is 25.6 Å². The number of nitrogens with one attached hydrogen (secondary N) is 1. The topological polar surface area (TPSA) is 86.8 Å². The quantitative estimate of drug-likeness (QED) is 0.643. The van der Waals surface area contributed by atoms with Gasteiger partial charge in [-0.15, -0.1) is 0 Å². The summed E-state index contributed by atoms with van der Waals surface area (Å²) in [5.41, 5.74) is 0.510. The molecule has 2 aromatic carbocycles. The SMILES string of the molecule is CN(c1ccccc1NS(=O)(=O)c1ccc(S(=O)(=O)N(C)C)cc1)C1CCCCC1(F)F. The average molecular weight is 488 g/mol. The molecule has 1 fully saturated rings. The van der Waals surface area contributed by atoms with Crippen molar-refractivity contribution in [1.29, 1.82) is 0 Å². The maximum atomic E-state index is 14.5. The third kappa shape index (κ3) is 4.89. The molecule has 2 aromatic rings. The molecule has 0 amide bonds. The third-order valence-electron chi connectivity index (χ3n) is 5.63. The van der Waals surface area contributed by atoms with E-state index in [1.54, 1.807) is 18.2 Å². The van der Waals surface area contributed by atoms with E-state index < -0.39 is 32.0 Å². The molecule has 0 aromatic heterocycles. The van der Waals surface area contributed by atoms with Gasteiger partial charge in [-0.1, -0.05) is 18.6 Å². The van der Waals surface area contributed by atoms with Gasteiger partial charge in [0.05, 0.1) is 27.2 Å². The number of anilines is 2. The molecule has 0 aliphatic heterocycles. The highest BCUT2D eigenvalue weighted by Gasteiger charge is 2.44. The molecule has 0 radical (unpaired) electrons. The highest BCUT2D eigenvalue weighted by molar-refractivity contribution is 7.92. The number of halogens is 2. The molecule has 1 aliphatic carbocycles. The maximum absolute atomic E-state index is 14.5. The molecule has 0 bridgehead atoms. The van der Waals surface area contributed by atoms with Crippen molar-refractivity contribution in [2.75, 3.05) is 30.8 Å². The Morgan fingerprint density at radius 3 is 2.09 bits per heavy atom. The van der Waals surface area contributed by atoms with Crippen molar-refractivity contribution in [3.05, 3.63) is 48.5 Å². The van der Waals surface area contributed by atoms with E-state index >= 15 is 0 Å². The van der Waals surface area contributed by atoms with Crippen LogP contribution in [-0.4, -0.2) is 54.2 Å². The Labute approximate surface area is 188 Å². The van der Waals surface area contributed by atoms with Gasteiger partial charge >= 0.3 is 0 Å². The molecule has 11 heteroatoms. The van der Waals surface area contributed by atoms with Crippen molar-refractivity contribution >= 4 is 31.4 Å². The van der Waals surface area contributed by atoms with Crippen LogP contribution in [0.25, 0.3) is 0 Å². The van der Waals surface area contributed by atoms with E-state index in [1.807, 2.05) is 0 Å². The number of alkyl halides is 2. The average Bonchev–Trinajstić information content (AvgIpc) is 2.73. The number of rotatable bonds is 7. The Balaban J connectivity index is 1.89. The predicted octanol–water partition coefficient (Wildman–Crippen LogP) is 3.75. The zero-order chi connectivity index (χ0) is 23.7. The van der Waals surface area contributed by atoms with Crippen LogP contribution in [0, 0.1) is 0 Å². The summed E-state index contributed by atoms with van der Waals surface area (Å²) in [6, 6.07) is 10.2. The van der Waals surface area contributed by atoms with E-state index in [9.17, 15) is 25.6 Å². The molecule has 176 valence electrons. The molecule has 0 heterocycles. The number of benzene rings is 2. The van der Waals surface area contributed by atoms with Gasteiger partial charge in [-0.2, -0.15) is 0 Å². The van der Waals surface area contributed by atoms with Crippen LogP contribution < -0.4 is 9.62 Å². The maximum Gasteiger partial charge on any atom is 0.267 e. The summed E-state index contributed by atoms with van der Waals surface area (Å²) < 4.78 is 82.8. The second-order valence-corrected chi connectivity index (χ2v) is 11.8. The molecule has 1 aliphatic rings. The first-order chi connectivity index (χ1) is 14.9. The summed E-state index contributed by atoms with van der Waals surface area (Å²) in [7, 11) is -3.48. The summed E-state index contributed by atoms with van der Waals surface area (Å²) in [5.74, 6) is -2.87. The van der Waals surface area contributed by atoms with E-state index in [2.05, 4.69) is 4.72 Å². The molecule has 1 saturated carbocycles. The fraction of sp³-hybridized carbons (Fsp3) is 0.429. The van der Waals surface area contributed by atoms with Gasteiger partial charge in [0.2, 0.25) is 10.0 Å². The summed E-state index contributed by atoms with van der Waals surface area (Å²) in [6.07, 6.45) is 1.26. The second kappa shape index (κ2) is 8.95. The zero-order valence-corrected chi connectivity index (χ0v) is 19.8. The van der Waals surface area contributed by atoms with Crippen LogP contribution in [0.4, 0.5) is 20.2 Å². The minimum absolute atomic E-state index is 0.0406. The molecule has 0 spiro atoms. The number of hydrogen-bond acceptors (Lipinski definition) is 5. The van der Waals surface area contributed by atoms with Gasteiger partial charge in [0.1, 0.15) is 0 Å². The summed E-state index contributed by atoms with van der Waals surface area (Å²) >= 11 is 0. The van der Waals surface area contributed by atoms with Crippen molar-refractivity contribution in [1.82, 2.24) is 4.31 Å². The van der Waals surface area contributed by atoms with E-state index in [0.717, 1.165) is 4.31 Å². The Hall–Kier alpha value is -2.24. The van der Waals surface area contributed by atoms with Crippen LogP contribution >= 0.6 is 0 Å². The summed E-state index contributed by atoms with van der Waals surface area (Å²) in [4.78, 5) is 1.25. The van der Waals surface area contributed by atoms with Crippen LogP contribution in [0.1, 0.15) is 25.7 Å². The lowest BCUT2D eigenvalue weighted by Crippen LogP contribution is -2.48. The summed E-state index contributed by atoms with van der Waals surface area (Å²) in [6.45, 7) is 0. The van der Waals surface area contributed by atoms with E-state index in [1.165, 1.54) is 56.4 Å². The van der Waals surface area contributed by atoms with Crippen molar-refractivity contribution in [2.45, 2.75) is 47.4 Å². The molecular weight excluding hydrogens is 460 g/mol.